The number of ether oxygens (including phenoxy) is 1. The summed E-state index contributed by atoms with van der Waals surface area (Å²) in [5.41, 5.74) is 2.53. The fourth-order valence-corrected chi connectivity index (χ4v) is 2.37. The topological polar surface area (TPSA) is 93.2 Å². The summed E-state index contributed by atoms with van der Waals surface area (Å²) in [6.45, 7) is 0.579. The van der Waals surface area contributed by atoms with Gasteiger partial charge in [0, 0.05) is 36.4 Å². The number of benzene rings is 1. The largest absolute Gasteiger partial charge is 0.465 e. The van der Waals surface area contributed by atoms with Crippen molar-refractivity contribution in [3.05, 3.63) is 83.8 Å². The number of nitrogens with zero attached hydrogens (tertiary/aromatic N) is 2. The van der Waals surface area contributed by atoms with Crippen LogP contribution in [0.25, 0.3) is 0 Å². The van der Waals surface area contributed by atoms with Gasteiger partial charge in [-0.2, -0.15) is 0 Å². The van der Waals surface area contributed by atoms with E-state index in [9.17, 15) is 9.59 Å². The molecule has 0 fully saturated rings. The van der Waals surface area contributed by atoms with Gasteiger partial charge in [0.2, 0.25) is 0 Å². The van der Waals surface area contributed by atoms with Crippen LogP contribution in [0, 0.1) is 0 Å². The lowest BCUT2D eigenvalue weighted by Crippen LogP contribution is -2.13. The van der Waals surface area contributed by atoms with Crippen LogP contribution in [0.1, 0.15) is 26.3 Å². The SMILES string of the molecule is COC(=O)c1ccc(NC(=O)c2ccnc(NCc3ccncc3)c2)cc1. The molecule has 0 aliphatic carbocycles. The zero-order valence-corrected chi connectivity index (χ0v) is 14.7. The standard InChI is InChI=1S/C20H18N4O3/c1-27-20(26)15-2-4-17(5-3-15)24-19(25)16-8-11-22-18(12-16)23-13-14-6-9-21-10-7-14/h2-12H,13H2,1H3,(H,22,23)(H,24,25). The Kier molecular flexibility index (Phi) is 5.73. The molecule has 1 aromatic carbocycles. The first-order chi connectivity index (χ1) is 13.2. The molecule has 0 bridgehead atoms. The normalized spacial score (nSPS) is 10.1. The first kappa shape index (κ1) is 18.1. The van der Waals surface area contributed by atoms with Gasteiger partial charge < -0.3 is 15.4 Å². The minimum atomic E-state index is -0.424. The number of amides is 1. The van der Waals surface area contributed by atoms with Gasteiger partial charge in [0.15, 0.2) is 0 Å². The Morgan fingerprint density at radius 1 is 0.963 bits per heavy atom. The number of carbonyl (C=O) groups excluding carboxylic acids is 2. The lowest BCUT2D eigenvalue weighted by atomic mass is 10.2. The Labute approximate surface area is 156 Å². The number of nitrogens with one attached hydrogen (secondary N) is 2. The van der Waals surface area contributed by atoms with Crippen molar-refractivity contribution in [3.63, 3.8) is 0 Å². The molecular weight excluding hydrogens is 344 g/mol. The van der Waals surface area contributed by atoms with Gasteiger partial charge in [-0.05, 0) is 54.1 Å². The Morgan fingerprint density at radius 3 is 2.41 bits per heavy atom. The maximum absolute atomic E-state index is 12.4. The van der Waals surface area contributed by atoms with E-state index in [0.29, 0.717) is 29.2 Å². The summed E-state index contributed by atoms with van der Waals surface area (Å²) in [6.07, 6.45) is 5.02. The van der Waals surface area contributed by atoms with E-state index in [4.69, 9.17) is 0 Å². The predicted octanol–water partition coefficient (Wildman–Crippen LogP) is 3.13. The van der Waals surface area contributed by atoms with Crippen molar-refractivity contribution in [2.24, 2.45) is 0 Å². The highest BCUT2D eigenvalue weighted by molar-refractivity contribution is 6.04. The molecule has 136 valence electrons. The van der Waals surface area contributed by atoms with Gasteiger partial charge in [-0.15, -0.1) is 0 Å². The third-order valence-electron chi connectivity index (χ3n) is 3.81. The van der Waals surface area contributed by atoms with Crippen LogP contribution in [-0.2, 0) is 11.3 Å². The van der Waals surface area contributed by atoms with Gasteiger partial charge in [-0.3, -0.25) is 9.78 Å². The third-order valence-corrected chi connectivity index (χ3v) is 3.81. The van der Waals surface area contributed by atoms with Gasteiger partial charge in [-0.25, -0.2) is 9.78 Å². The molecule has 1 amide bonds. The van der Waals surface area contributed by atoms with E-state index in [1.165, 1.54) is 7.11 Å². The summed E-state index contributed by atoms with van der Waals surface area (Å²) >= 11 is 0. The number of esters is 1. The third kappa shape index (κ3) is 4.88. The zero-order chi connectivity index (χ0) is 19.1. The van der Waals surface area contributed by atoms with Gasteiger partial charge in [0.1, 0.15) is 5.82 Å². The molecule has 0 spiro atoms. The summed E-state index contributed by atoms with van der Waals surface area (Å²) in [7, 11) is 1.32. The van der Waals surface area contributed by atoms with Crippen molar-refractivity contribution >= 4 is 23.4 Å². The van der Waals surface area contributed by atoms with E-state index in [0.717, 1.165) is 5.56 Å². The molecule has 0 aliphatic heterocycles. The van der Waals surface area contributed by atoms with Crippen molar-refractivity contribution in [1.29, 1.82) is 0 Å². The van der Waals surface area contributed by atoms with E-state index in [-0.39, 0.29) is 5.91 Å². The first-order valence-electron chi connectivity index (χ1n) is 8.24. The van der Waals surface area contributed by atoms with Crippen molar-refractivity contribution in [1.82, 2.24) is 9.97 Å². The van der Waals surface area contributed by atoms with Crippen molar-refractivity contribution < 1.29 is 14.3 Å². The molecule has 7 heteroatoms. The van der Waals surface area contributed by atoms with Crippen molar-refractivity contribution in [2.75, 3.05) is 17.7 Å². The second kappa shape index (κ2) is 8.57. The van der Waals surface area contributed by atoms with Crippen molar-refractivity contribution in [2.45, 2.75) is 6.54 Å². The van der Waals surface area contributed by atoms with Gasteiger partial charge in [-0.1, -0.05) is 0 Å². The summed E-state index contributed by atoms with van der Waals surface area (Å²) < 4.78 is 4.65. The molecule has 0 aliphatic rings. The molecule has 2 N–H and O–H groups in total. The maximum atomic E-state index is 12.4. The molecule has 7 nitrogen and oxygen atoms in total. The van der Waals surface area contributed by atoms with Crippen molar-refractivity contribution in [3.8, 4) is 0 Å². The number of methoxy groups -OCH3 is 1. The number of anilines is 2. The van der Waals surface area contributed by atoms with E-state index >= 15 is 0 Å². The first-order valence-corrected chi connectivity index (χ1v) is 8.24. The fourth-order valence-electron chi connectivity index (χ4n) is 2.37. The number of pyridine rings is 2. The van der Waals surface area contributed by atoms with Crippen LogP contribution in [0.3, 0.4) is 0 Å². The average Bonchev–Trinajstić information content (AvgIpc) is 2.73. The minimum absolute atomic E-state index is 0.268. The molecule has 3 aromatic rings. The van der Waals surface area contributed by atoms with Crippen LogP contribution >= 0.6 is 0 Å². The quantitative estimate of drug-likeness (QED) is 0.655. The fraction of sp³-hybridized carbons (Fsp3) is 0.100. The molecule has 0 atom stereocenters. The Morgan fingerprint density at radius 2 is 1.70 bits per heavy atom. The van der Waals surface area contributed by atoms with Crippen LogP contribution < -0.4 is 10.6 Å². The maximum Gasteiger partial charge on any atom is 0.337 e. The summed E-state index contributed by atoms with van der Waals surface area (Å²) in [4.78, 5) is 32.1. The molecule has 2 aromatic heterocycles. The highest BCUT2D eigenvalue weighted by Gasteiger charge is 2.09. The van der Waals surface area contributed by atoms with Crippen LogP contribution in [0.5, 0.6) is 0 Å². The number of carbonyl (C=O) groups is 2. The smallest absolute Gasteiger partial charge is 0.337 e. The van der Waals surface area contributed by atoms with E-state index in [1.807, 2.05) is 12.1 Å². The Bertz CT molecular complexity index is 927. The highest BCUT2D eigenvalue weighted by Crippen LogP contribution is 2.14. The molecule has 0 unspecified atom stereocenters. The summed E-state index contributed by atoms with van der Waals surface area (Å²) in [6, 6.07) is 13.6. The zero-order valence-electron chi connectivity index (χ0n) is 14.7. The van der Waals surface area contributed by atoms with E-state index < -0.39 is 5.97 Å². The Hall–Kier alpha value is -3.74. The van der Waals surface area contributed by atoms with Gasteiger partial charge >= 0.3 is 5.97 Å². The molecule has 2 heterocycles. The summed E-state index contributed by atoms with van der Waals surface area (Å²) in [5.74, 6) is -0.0948. The second-order valence-corrected chi connectivity index (χ2v) is 5.66. The van der Waals surface area contributed by atoms with Gasteiger partial charge in [0.05, 0.1) is 12.7 Å². The minimum Gasteiger partial charge on any atom is -0.465 e. The second-order valence-electron chi connectivity index (χ2n) is 5.66. The molecule has 3 rings (SSSR count). The van der Waals surface area contributed by atoms with Gasteiger partial charge in [0.25, 0.3) is 5.91 Å². The summed E-state index contributed by atoms with van der Waals surface area (Å²) in [5, 5.41) is 5.96. The van der Waals surface area contributed by atoms with Crippen LogP contribution in [0.4, 0.5) is 11.5 Å². The number of rotatable bonds is 6. The molecule has 0 saturated carbocycles. The lowest BCUT2D eigenvalue weighted by molar-refractivity contribution is 0.0600. The lowest BCUT2D eigenvalue weighted by Gasteiger charge is -2.09. The highest BCUT2D eigenvalue weighted by atomic mass is 16.5. The van der Waals surface area contributed by atoms with E-state index in [2.05, 4.69) is 25.3 Å². The van der Waals surface area contributed by atoms with Crippen LogP contribution in [0.15, 0.2) is 67.1 Å². The average molecular weight is 362 g/mol. The molecule has 0 saturated heterocycles. The number of hydrogen-bond acceptors (Lipinski definition) is 6. The van der Waals surface area contributed by atoms with Crippen LogP contribution in [0.2, 0.25) is 0 Å². The van der Waals surface area contributed by atoms with Crippen LogP contribution in [-0.4, -0.2) is 29.0 Å². The molecule has 0 radical (unpaired) electrons. The monoisotopic (exact) mass is 362 g/mol. The number of aromatic nitrogens is 2. The molecule has 27 heavy (non-hydrogen) atoms. The Balaban J connectivity index is 1.63. The predicted molar refractivity (Wildman–Crippen MR) is 102 cm³/mol. The number of hydrogen-bond donors (Lipinski definition) is 2. The molecular formula is C20H18N4O3. The van der Waals surface area contributed by atoms with E-state index in [1.54, 1.807) is 55.0 Å².